The topological polar surface area (TPSA) is 380 Å². The number of carbonyl (C=O) groups excluding carboxylic acids is 4. The monoisotopic (exact) mass is 1680 g/mol. The Kier molecular flexibility index (Phi) is 64.4. The van der Waals surface area contributed by atoms with Crippen molar-refractivity contribution in [3.8, 4) is 0 Å². The van der Waals surface area contributed by atoms with Gasteiger partial charge in [0.2, 0.25) is 0 Å². The van der Waals surface area contributed by atoms with Gasteiger partial charge in [0.05, 0.1) is 13.2 Å². The molecule has 3 rings (SSSR count). The number of hydrogen-bond donors (Lipinski definition) is 10. The lowest BCUT2D eigenvalue weighted by Gasteiger charge is -2.50. The van der Waals surface area contributed by atoms with Crippen LogP contribution in [0.2, 0.25) is 0 Å². The van der Waals surface area contributed by atoms with Gasteiger partial charge in [-0.15, -0.1) is 0 Å². The minimum absolute atomic E-state index is 0.0191. The smallest absolute Gasteiger partial charge is 0.463 e. The van der Waals surface area contributed by atoms with E-state index in [1.807, 2.05) is 0 Å². The largest absolute Gasteiger partial charge is 0.472 e. The summed E-state index contributed by atoms with van der Waals surface area (Å²) in [6.07, 6.45) is 27.8. The number of rotatable bonds is 76. The van der Waals surface area contributed by atoms with Crippen LogP contribution in [0, 0.1) is 0 Å². The van der Waals surface area contributed by atoms with E-state index in [1.54, 1.807) is 0 Å². The van der Waals surface area contributed by atoms with Crippen molar-refractivity contribution in [2.45, 2.75) is 511 Å². The Labute approximate surface area is 699 Å². The van der Waals surface area contributed by atoms with Gasteiger partial charge < -0.3 is 88.7 Å². The molecule has 0 amide bonds. The molecular weight excluding hydrogens is 1510 g/mol. The van der Waals surface area contributed by atoms with Crippen molar-refractivity contribution in [3.63, 3.8) is 0 Å². The van der Waals surface area contributed by atoms with E-state index in [4.69, 9.17) is 46.9 Å². The maximum atomic E-state index is 14.9. The van der Waals surface area contributed by atoms with Gasteiger partial charge in [0, 0.05) is 25.7 Å². The van der Waals surface area contributed by atoms with Crippen LogP contribution >= 0.6 is 7.82 Å². The number of ether oxygens (including phenoxy) is 8. The second-order valence-corrected chi connectivity index (χ2v) is 34.9. The van der Waals surface area contributed by atoms with Crippen molar-refractivity contribution in [3.05, 3.63) is 12.2 Å². The highest BCUT2D eigenvalue weighted by atomic mass is 31.2. The highest BCUT2D eigenvalue weighted by Crippen LogP contribution is 2.49. The van der Waals surface area contributed by atoms with E-state index in [9.17, 15) is 74.6 Å². The summed E-state index contributed by atoms with van der Waals surface area (Å²) in [6, 6.07) is 0. The first kappa shape index (κ1) is 107. The number of unbranched alkanes of at least 4 members (excludes halogenated alkanes) is 50. The normalized spacial score (nSPS) is 25.2. The Morgan fingerprint density at radius 1 is 0.336 bits per heavy atom. The third-order valence-corrected chi connectivity index (χ3v) is 24.0. The first-order valence-electron chi connectivity index (χ1n) is 46.9. The van der Waals surface area contributed by atoms with Gasteiger partial charge in [0.15, 0.2) is 24.8 Å². The van der Waals surface area contributed by atoms with E-state index in [2.05, 4.69) is 39.8 Å². The molecule has 25 nitrogen and oxygen atoms in total. The summed E-state index contributed by atoms with van der Waals surface area (Å²) < 4.78 is 73.4. The van der Waals surface area contributed by atoms with E-state index < -0.39 is 162 Å². The third-order valence-electron chi connectivity index (χ3n) is 23.0. The maximum Gasteiger partial charge on any atom is 0.472 e. The number of allylic oxidation sites excluding steroid dienone is 2. The van der Waals surface area contributed by atoms with Crippen molar-refractivity contribution >= 4 is 31.7 Å². The summed E-state index contributed by atoms with van der Waals surface area (Å²) >= 11 is 0. The molecule has 18 unspecified atom stereocenters. The van der Waals surface area contributed by atoms with E-state index in [1.165, 1.54) is 173 Å². The fourth-order valence-electron chi connectivity index (χ4n) is 15.5. The molecular formula is C90H167O25P. The van der Waals surface area contributed by atoms with E-state index in [0.717, 1.165) is 141 Å². The summed E-state index contributed by atoms with van der Waals surface area (Å²) in [5, 5.41) is 102. The number of aliphatic hydroxyl groups excluding tert-OH is 9. The lowest BCUT2D eigenvalue weighted by molar-refractivity contribution is -0.360. The zero-order valence-corrected chi connectivity index (χ0v) is 73.5. The molecule has 2 heterocycles. The molecule has 0 radical (unpaired) electrons. The van der Waals surface area contributed by atoms with Gasteiger partial charge >= 0.3 is 31.7 Å². The molecule has 1 saturated carbocycles. The van der Waals surface area contributed by atoms with Crippen LogP contribution in [0.15, 0.2) is 12.2 Å². The Morgan fingerprint density at radius 3 is 1.03 bits per heavy atom. The molecule has 26 heteroatoms. The molecule has 0 bridgehead atoms. The van der Waals surface area contributed by atoms with Crippen LogP contribution in [-0.4, -0.2) is 205 Å². The van der Waals surface area contributed by atoms with Crippen molar-refractivity contribution in [2.24, 2.45) is 0 Å². The molecule has 0 aromatic heterocycles. The second-order valence-electron chi connectivity index (χ2n) is 33.5. The van der Waals surface area contributed by atoms with Crippen molar-refractivity contribution in [1.82, 2.24) is 0 Å². The van der Waals surface area contributed by atoms with Crippen molar-refractivity contribution in [1.29, 1.82) is 0 Å². The summed E-state index contributed by atoms with van der Waals surface area (Å²) in [6.45, 7) is 5.59. The van der Waals surface area contributed by atoms with Crippen LogP contribution in [0.4, 0.5) is 0 Å². The van der Waals surface area contributed by atoms with E-state index >= 15 is 0 Å². The molecule has 0 aromatic carbocycles. The minimum Gasteiger partial charge on any atom is -0.463 e. The van der Waals surface area contributed by atoms with Crippen LogP contribution < -0.4 is 0 Å². The fraction of sp³-hybridized carbons (Fsp3) is 0.933. The van der Waals surface area contributed by atoms with E-state index in [0.29, 0.717) is 38.5 Å². The number of phosphoric ester groups is 1. The Morgan fingerprint density at radius 2 is 0.647 bits per heavy atom. The van der Waals surface area contributed by atoms with Crippen LogP contribution in [0.3, 0.4) is 0 Å². The summed E-state index contributed by atoms with van der Waals surface area (Å²) in [5.41, 5.74) is 0. The number of carbonyl (C=O) groups is 4. The Balaban J connectivity index is 1.91. The second kappa shape index (κ2) is 69.6. The maximum absolute atomic E-state index is 14.9. The zero-order chi connectivity index (χ0) is 84.7. The van der Waals surface area contributed by atoms with Crippen LogP contribution in [-0.2, 0) is 70.7 Å². The van der Waals surface area contributed by atoms with Crippen molar-refractivity contribution < 1.29 is 122 Å². The molecule has 682 valence electrons. The molecule has 18 atom stereocenters. The third kappa shape index (κ3) is 49.5. The lowest BCUT2D eigenvalue weighted by Crippen LogP contribution is -2.70. The first-order valence-corrected chi connectivity index (χ1v) is 48.4. The Bertz CT molecular complexity index is 2460. The Hall–Kier alpha value is -2.79. The summed E-state index contributed by atoms with van der Waals surface area (Å²) in [5.74, 6) is -2.95. The first-order chi connectivity index (χ1) is 56.2. The predicted octanol–water partition coefficient (Wildman–Crippen LogP) is 17.2. The van der Waals surface area contributed by atoms with Crippen molar-refractivity contribution in [2.75, 3.05) is 26.4 Å². The lowest BCUT2D eigenvalue weighted by atomic mass is 9.84. The van der Waals surface area contributed by atoms with Gasteiger partial charge in [0.1, 0.15) is 92.6 Å². The zero-order valence-electron chi connectivity index (χ0n) is 72.6. The van der Waals surface area contributed by atoms with Gasteiger partial charge in [-0.1, -0.05) is 342 Å². The molecule has 116 heavy (non-hydrogen) atoms. The van der Waals surface area contributed by atoms with Crippen LogP contribution in [0.1, 0.15) is 407 Å². The standard InChI is InChI=1S/C90H167O25P/c1-5-9-13-17-21-25-29-33-35-37-40-43-47-51-55-59-63-74(93)107-69-72-78(97)80(99)84(103)90(111-72)114-87-85(112-76(95)65-61-57-53-49-44-39-32-28-24-20-16-12-8-4)81(100)82(101)86(113-89-83(102)79(98)77(96)71(66-91)110-89)88(87)115-116(104,105)108-68-70(67-106-73(92)62-58-54-50-46-42-38-31-27-23-19-15-11-7-3)109-75(94)64-60-56-52-48-45-41-36-34-30-26-22-18-14-10-6-2/h26,30,70-72,77-91,96-103H,5-25,27-29,31-69H2,1-4H3,(H,104,105)/b30-26-. The highest BCUT2D eigenvalue weighted by Gasteiger charge is 2.60. The van der Waals surface area contributed by atoms with Gasteiger partial charge in [0.25, 0.3) is 0 Å². The summed E-state index contributed by atoms with van der Waals surface area (Å²) in [7, 11) is -5.80. The van der Waals surface area contributed by atoms with E-state index in [-0.39, 0.29) is 25.7 Å². The SMILES string of the molecule is CCCCCC/C=C\CCCCCCCCCC(=O)OC(COC(=O)CCCCCCCCCCCCCCC)COP(=O)(O)OC1C(OC2OC(CO)C(O)C(O)C2O)C(O)C(O)C(OC(=O)CCCCCCCCCCCCCCC)C1OC1OC(COC(=O)CCCCCCCCCCCCCCCCCC)C(O)C(O)C1O. The quantitative estimate of drug-likeness (QED) is 0.00889. The molecule has 3 aliphatic rings. The summed E-state index contributed by atoms with van der Waals surface area (Å²) in [4.78, 5) is 66.4. The molecule has 10 N–H and O–H groups in total. The average molecular weight is 1680 g/mol. The predicted molar refractivity (Wildman–Crippen MR) is 449 cm³/mol. The van der Waals surface area contributed by atoms with Crippen LogP contribution in [0.25, 0.3) is 0 Å². The van der Waals surface area contributed by atoms with Gasteiger partial charge in [-0.05, 0) is 51.4 Å². The molecule has 3 fully saturated rings. The molecule has 2 aliphatic heterocycles. The molecule has 0 spiro atoms. The molecule has 0 aromatic rings. The number of esters is 4. The van der Waals surface area contributed by atoms with Gasteiger partial charge in [-0.2, -0.15) is 0 Å². The average Bonchev–Trinajstić information content (AvgIpc) is 0.754. The van der Waals surface area contributed by atoms with Crippen LogP contribution in [0.5, 0.6) is 0 Å². The fourth-order valence-corrected chi connectivity index (χ4v) is 16.5. The minimum atomic E-state index is -5.80. The molecule has 1 aliphatic carbocycles. The highest BCUT2D eigenvalue weighted by molar-refractivity contribution is 7.47. The number of aliphatic hydroxyl groups is 9. The van der Waals surface area contributed by atoms with Gasteiger partial charge in [-0.25, -0.2) is 4.57 Å². The number of hydrogen-bond acceptors (Lipinski definition) is 24. The number of phosphoric acid groups is 1. The van der Waals surface area contributed by atoms with Gasteiger partial charge in [-0.3, -0.25) is 28.2 Å². The molecule has 2 saturated heterocycles.